The molecule has 0 fully saturated rings. The van der Waals surface area contributed by atoms with Gasteiger partial charge >= 0.3 is 0 Å². The van der Waals surface area contributed by atoms with E-state index in [0.29, 0.717) is 22.3 Å². The lowest BCUT2D eigenvalue weighted by molar-refractivity contribution is -0.307. The van der Waals surface area contributed by atoms with Gasteiger partial charge in [-0.2, -0.15) is 0 Å². The van der Waals surface area contributed by atoms with Gasteiger partial charge in [-0.1, -0.05) is 30.3 Å². The van der Waals surface area contributed by atoms with Gasteiger partial charge in [0.05, 0.1) is 18.0 Å². The Bertz CT molecular complexity index is 1040. The van der Waals surface area contributed by atoms with Crippen molar-refractivity contribution in [3.63, 3.8) is 0 Å². The van der Waals surface area contributed by atoms with Crippen molar-refractivity contribution in [2.24, 2.45) is 0 Å². The SMILES string of the molecule is O=C([O-])COc1cccc2c(CNS(=O)(=O)CCOc3ccccc3)coc12. The zero-order valence-electron chi connectivity index (χ0n) is 14.8. The zero-order valence-corrected chi connectivity index (χ0v) is 15.6. The minimum Gasteiger partial charge on any atom is -0.546 e. The maximum Gasteiger partial charge on any atom is 0.215 e. The van der Waals surface area contributed by atoms with E-state index >= 15 is 0 Å². The van der Waals surface area contributed by atoms with Gasteiger partial charge in [0.15, 0.2) is 11.3 Å². The van der Waals surface area contributed by atoms with Gasteiger partial charge in [-0.25, -0.2) is 13.1 Å². The number of nitrogens with one attached hydrogen (secondary N) is 1. The Hall–Kier alpha value is -3.04. The van der Waals surface area contributed by atoms with Gasteiger partial charge in [0.1, 0.15) is 19.0 Å². The van der Waals surface area contributed by atoms with E-state index in [1.54, 1.807) is 42.5 Å². The van der Waals surface area contributed by atoms with Crippen molar-refractivity contribution in [3.05, 3.63) is 60.4 Å². The molecule has 0 aliphatic heterocycles. The monoisotopic (exact) mass is 404 g/mol. The van der Waals surface area contributed by atoms with Crippen LogP contribution in [-0.2, 0) is 21.4 Å². The Morgan fingerprint density at radius 2 is 1.86 bits per heavy atom. The minimum absolute atomic E-state index is 0.0185. The molecule has 28 heavy (non-hydrogen) atoms. The van der Waals surface area contributed by atoms with E-state index < -0.39 is 22.6 Å². The van der Waals surface area contributed by atoms with Crippen LogP contribution in [0, 0.1) is 0 Å². The lowest BCUT2D eigenvalue weighted by Crippen LogP contribution is -2.29. The number of hydrogen-bond donors (Lipinski definition) is 1. The molecule has 0 saturated heterocycles. The Morgan fingerprint density at radius 1 is 1.07 bits per heavy atom. The molecule has 8 nitrogen and oxygen atoms in total. The van der Waals surface area contributed by atoms with Crippen molar-refractivity contribution >= 4 is 27.0 Å². The van der Waals surface area contributed by atoms with E-state index in [2.05, 4.69) is 4.72 Å². The number of sulfonamides is 1. The quantitative estimate of drug-likeness (QED) is 0.537. The van der Waals surface area contributed by atoms with Crippen molar-refractivity contribution in [1.82, 2.24) is 4.72 Å². The second kappa shape index (κ2) is 8.77. The number of ether oxygens (including phenoxy) is 2. The lowest BCUT2D eigenvalue weighted by Gasteiger charge is -2.08. The number of carboxylic acids is 1. The number of furan rings is 1. The maximum absolute atomic E-state index is 12.2. The van der Waals surface area contributed by atoms with Crippen LogP contribution < -0.4 is 19.3 Å². The van der Waals surface area contributed by atoms with Crippen molar-refractivity contribution in [1.29, 1.82) is 0 Å². The molecule has 0 saturated carbocycles. The highest BCUT2D eigenvalue weighted by Gasteiger charge is 2.15. The summed E-state index contributed by atoms with van der Waals surface area (Å²) in [5.41, 5.74) is 0.937. The number of carbonyl (C=O) groups excluding carboxylic acids is 1. The first-order chi connectivity index (χ1) is 13.4. The summed E-state index contributed by atoms with van der Waals surface area (Å²) in [5.74, 6) is -0.707. The molecule has 3 aromatic rings. The molecule has 0 bridgehead atoms. The number of rotatable bonds is 10. The van der Waals surface area contributed by atoms with Crippen LogP contribution in [-0.4, -0.2) is 33.4 Å². The molecule has 3 rings (SSSR count). The van der Waals surface area contributed by atoms with E-state index in [9.17, 15) is 18.3 Å². The minimum atomic E-state index is -3.56. The van der Waals surface area contributed by atoms with Crippen LogP contribution in [0.25, 0.3) is 11.0 Å². The first kappa shape index (κ1) is 19.7. The fourth-order valence-electron chi connectivity index (χ4n) is 2.52. The summed E-state index contributed by atoms with van der Waals surface area (Å²) in [7, 11) is -3.56. The number of aliphatic carboxylic acids is 1. The number of fused-ring (bicyclic) bond motifs is 1. The van der Waals surface area contributed by atoms with Crippen LogP contribution in [0.3, 0.4) is 0 Å². The first-order valence-corrected chi connectivity index (χ1v) is 10.1. The van der Waals surface area contributed by atoms with E-state index in [4.69, 9.17) is 13.9 Å². The average Bonchev–Trinajstić information content (AvgIpc) is 3.09. The van der Waals surface area contributed by atoms with Crippen molar-refractivity contribution in [3.8, 4) is 11.5 Å². The van der Waals surface area contributed by atoms with Gasteiger partial charge in [0.2, 0.25) is 10.0 Å². The number of para-hydroxylation sites is 2. The number of hydrogen-bond acceptors (Lipinski definition) is 7. The summed E-state index contributed by atoms with van der Waals surface area (Å²) in [6, 6.07) is 13.9. The van der Waals surface area contributed by atoms with Gasteiger partial charge in [0, 0.05) is 17.5 Å². The molecular formula is C19H18NO7S-. The molecule has 2 aromatic carbocycles. The summed E-state index contributed by atoms with van der Waals surface area (Å²) in [6.45, 7) is -0.569. The van der Waals surface area contributed by atoms with E-state index in [0.717, 1.165) is 0 Å². The van der Waals surface area contributed by atoms with Crippen LogP contribution in [0.15, 0.2) is 59.2 Å². The smallest absolute Gasteiger partial charge is 0.215 e. The topological polar surface area (TPSA) is 118 Å². The highest BCUT2D eigenvalue weighted by atomic mass is 32.2. The Labute approximate surface area is 161 Å². The molecule has 9 heteroatoms. The van der Waals surface area contributed by atoms with Crippen LogP contribution in [0.5, 0.6) is 11.5 Å². The third kappa shape index (κ3) is 5.24. The van der Waals surface area contributed by atoms with Crippen LogP contribution in [0.4, 0.5) is 0 Å². The summed E-state index contributed by atoms with van der Waals surface area (Å²) in [4.78, 5) is 10.6. The molecule has 0 aliphatic carbocycles. The Morgan fingerprint density at radius 3 is 2.61 bits per heavy atom. The van der Waals surface area contributed by atoms with Crippen molar-refractivity contribution in [2.75, 3.05) is 19.0 Å². The van der Waals surface area contributed by atoms with Crippen molar-refractivity contribution in [2.45, 2.75) is 6.54 Å². The van der Waals surface area contributed by atoms with Crippen molar-refractivity contribution < 1.29 is 32.2 Å². The lowest BCUT2D eigenvalue weighted by atomic mass is 10.2. The second-order valence-corrected chi connectivity index (χ2v) is 7.78. The molecule has 0 amide bonds. The largest absolute Gasteiger partial charge is 0.546 e. The molecule has 1 N–H and O–H groups in total. The molecule has 1 heterocycles. The summed E-state index contributed by atoms with van der Waals surface area (Å²) in [6.07, 6.45) is 1.40. The molecule has 0 spiro atoms. The Balaban J connectivity index is 1.59. The van der Waals surface area contributed by atoms with Crippen LogP contribution in [0.1, 0.15) is 5.56 Å². The van der Waals surface area contributed by atoms with E-state index in [1.807, 2.05) is 6.07 Å². The predicted octanol–water partition coefficient (Wildman–Crippen LogP) is 1.06. The molecule has 0 aliphatic rings. The second-order valence-electron chi connectivity index (χ2n) is 5.86. The number of carbonyl (C=O) groups is 1. The predicted molar refractivity (Wildman–Crippen MR) is 99.3 cm³/mol. The van der Waals surface area contributed by atoms with Crippen LogP contribution >= 0.6 is 0 Å². The first-order valence-electron chi connectivity index (χ1n) is 8.41. The highest BCUT2D eigenvalue weighted by Crippen LogP contribution is 2.29. The average molecular weight is 404 g/mol. The van der Waals surface area contributed by atoms with Gasteiger partial charge in [-0.15, -0.1) is 0 Å². The number of carboxylic acid groups (broad SMARTS) is 1. The van der Waals surface area contributed by atoms with Gasteiger partial charge < -0.3 is 23.8 Å². The maximum atomic E-state index is 12.2. The van der Waals surface area contributed by atoms with Gasteiger partial charge in [0.25, 0.3) is 0 Å². The van der Waals surface area contributed by atoms with Gasteiger partial charge in [-0.05, 0) is 18.2 Å². The molecule has 1 aromatic heterocycles. The van der Waals surface area contributed by atoms with Gasteiger partial charge in [-0.3, -0.25) is 0 Å². The third-order valence-corrected chi connectivity index (χ3v) is 5.12. The molecular weight excluding hydrogens is 386 g/mol. The molecule has 0 unspecified atom stereocenters. The summed E-state index contributed by atoms with van der Waals surface area (Å²) in [5, 5.41) is 11.2. The van der Waals surface area contributed by atoms with E-state index in [-0.39, 0.29) is 24.7 Å². The summed E-state index contributed by atoms with van der Waals surface area (Å²) >= 11 is 0. The van der Waals surface area contributed by atoms with E-state index in [1.165, 1.54) is 6.26 Å². The van der Waals surface area contributed by atoms with Crippen LogP contribution in [0.2, 0.25) is 0 Å². The number of benzene rings is 2. The molecule has 0 atom stereocenters. The third-order valence-electron chi connectivity index (χ3n) is 3.84. The fourth-order valence-corrected chi connectivity index (χ4v) is 3.34. The normalized spacial score (nSPS) is 11.4. The molecule has 148 valence electrons. The zero-order chi connectivity index (χ0) is 20.0. The molecule has 0 radical (unpaired) electrons. The Kier molecular flexibility index (Phi) is 6.17. The summed E-state index contributed by atoms with van der Waals surface area (Å²) < 4.78 is 42.8. The highest BCUT2D eigenvalue weighted by molar-refractivity contribution is 7.89. The fraction of sp³-hybridized carbons (Fsp3) is 0.211. The standard InChI is InChI=1S/C19H19NO7S/c21-18(22)13-26-17-8-4-7-16-14(12-27-19(16)17)11-20-28(23,24)10-9-25-15-5-2-1-3-6-15/h1-8,12,20H,9-11,13H2,(H,21,22)/p-1.